The summed E-state index contributed by atoms with van der Waals surface area (Å²) in [5.74, 6) is 0.394. The second-order valence-corrected chi connectivity index (χ2v) is 14.3. The lowest BCUT2D eigenvalue weighted by atomic mass is 9.93. The second kappa shape index (κ2) is 11.9. The number of rotatable bonds is 5. The van der Waals surface area contributed by atoms with Crippen LogP contribution in [0.5, 0.6) is 0 Å². The Morgan fingerprint density at radius 3 is 1.50 bits per heavy atom. The van der Waals surface area contributed by atoms with E-state index in [1.165, 1.54) is 40.3 Å². The van der Waals surface area contributed by atoms with Crippen LogP contribution in [0.1, 0.15) is 6.85 Å². The van der Waals surface area contributed by atoms with Crippen LogP contribution < -0.4 is 0 Å². The summed E-state index contributed by atoms with van der Waals surface area (Å²) in [6.45, 7) is 0. The summed E-state index contributed by atoms with van der Waals surface area (Å²) in [4.78, 5) is 9.97. The minimum absolute atomic E-state index is 0.0355. The van der Waals surface area contributed by atoms with Crippen LogP contribution >= 0.6 is 22.7 Å². The maximum atomic E-state index is 8.83. The van der Waals surface area contributed by atoms with Gasteiger partial charge in [-0.05, 0) is 58.7 Å². The van der Waals surface area contributed by atoms with Gasteiger partial charge < -0.3 is 0 Å². The number of thiophene rings is 2. The maximum absolute atomic E-state index is 8.83. The van der Waals surface area contributed by atoms with Crippen molar-refractivity contribution in [3.05, 3.63) is 170 Å². The van der Waals surface area contributed by atoms with Gasteiger partial charge >= 0.3 is 0 Å². The van der Waals surface area contributed by atoms with Crippen molar-refractivity contribution in [3.63, 3.8) is 0 Å². The van der Waals surface area contributed by atoms with Crippen LogP contribution in [0.15, 0.2) is 170 Å². The zero-order chi connectivity index (χ0) is 37.4. The lowest BCUT2D eigenvalue weighted by Gasteiger charge is -2.14. The molecule has 0 atom stereocenters. The Kier molecular flexibility index (Phi) is 5.76. The van der Waals surface area contributed by atoms with Gasteiger partial charge in [-0.25, -0.2) is 9.97 Å². The van der Waals surface area contributed by atoms with Gasteiger partial charge in [0.1, 0.15) is 0 Å². The van der Waals surface area contributed by atoms with Crippen LogP contribution in [-0.4, -0.2) is 9.97 Å². The van der Waals surface area contributed by atoms with Crippen molar-refractivity contribution < 1.29 is 6.85 Å². The Balaban J connectivity index is 1.28. The van der Waals surface area contributed by atoms with E-state index in [0.29, 0.717) is 11.5 Å². The normalized spacial score (nSPS) is 13.0. The van der Waals surface area contributed by atoms with Gasteiger partial charge in [0.05, 0.1) is 18.2 Å². The summed E-state index contributed by atoms with van der Waals surface area (Å²) in [6, 6.07) is 46.0. The molecular weight excluding hydrogens is 645 g/mol. The first-order chi connectivity index (χ1) is 26.8. The monoisotopic (exact) mass is 677 g/mol. The molecule has 3 aromatic heterocycles. The molecule has 0 spiro atoms. The summed E-state index contributed by atoms with van der Waals surface area (Å²) in [7, 11) is 0. The van der Waals surface area contributed by atoms with Crippen molar-refractivity contribution >= 4 is 63.0 Å². The van der Waals surface area contributed by atoms with Crippen LogP contribution in [0.25, 0.3) is 96.5 Å². The van der Waals surface area contributed by atoms with Gasteiger partial charge in [-0.1, -0.05) is 133 Å². The Morgan fingerprint density at radius 1 is 0.400 bits per heavy atom. The highest BCUT2D eigenvalue weighted by atomic mass is 32.1. The predicted octanol–water partition coefficient (Wildman–Crippen LogP) is 13.5. The van der Waals surface area contributed by atoms with Crippen molar-refractivity contribution in [1.29, 1.82) is 0 Å². The van der Waals surface area contributed by atoms with Gasteiger partial charge in [0.2, 0.25) is 0 Å². The second-order valence-electron chi connectivity index (χ2n) is 12.2. The fourth-order valence-electron chi connectivity index (χ4n) is 6.85. The van der Waals surface area contributed by atoms with E-state index in [9.17, 15) is 0 Å². The molecule has 0 aliphatic heterocycles. The zero-order valence-electron chi connectivity index (χ0n) is 31.5. The fraction of sp³-hybridized carbons (Fsp3) is 0. The van der Waals surface area contributed by atoms with Gasteiger partial charge in [0.25, 0.3) is 0 Å². The molecule has 10 rings (SSSR count). The zero-order valence-corrected chi connectivity index (χ0v) is 28.1. The fourth-order valence-corrected chi connectivity index (χ4v) is 9.33. The Labute approximate surface area is 304 Å². The van der Waals surface area contributed by atoms with Crippen LogP contribution in [0.4, 0.5) is 0 Å². The van der Waals surface area contributed by atoms with Crippen LogP contribution in [0.3, 0.4) is 0 Å². The number of aromatic nitrogens is 2. The van der Waals surface area contributed by atoms with Gasteiger partial charge in [-0.2, -0.15) is 0 Å². The molecular formula is C46H28N2S2. The van der Waals surface area contributed by atoms with Crippen molar-refractivity contribution in [2.45, 2.75) is 0 Å². The topological polar surface area (TPSA) is 25.8 Å². The molecule has 2 nitrogen and oxygen atoms in total. The molecule has 10 aromatic rings. The van der Waals surface area contributed by atoms with E-state index in [1.807, 2.05) is 30.3 Å². The van der Waals surface area contributed by atoms with Crippen molar-refractivity contribution in [2.24, 2.45) is 0 Å². The van der Waals surface area contributed by atoms with Crippen molar-refractivity contribution in [1.82, 2.24) is 9.97 Å². The Hall–Kier alpha value is -5.94. The first kappa shape index (κ1) is 24.2. The predicted molar refractivity (Wildman–Crippen MR) is 215 cm³/mol. The average molecular weight is 678 g/mol. The smallest absolute Gasteiger partial charge is 0.160 e. The average Bonchev–Trinajstić information content (AvgIpc) is 3.81. The van der Waals surface area contributed by atoms with E-state index < -0.39 is 18.1 Å². The molecule has 0 unspecified atom stereocenters. The highest BCUT2D eigenvalue weighted by molar-refractivity contribution is 7.26. The van der Waals surface area contributed by atoms with Gasteiger partial charge in [0, 0.05) is 57.0 Å². The van der Waals surface area contributed by atoms with Gasteiger partial charge in [0.15, 0.2) is 5.82 Å². The first-order valence-corrected chi connectivity index (χ1v) is 18.0. The third-order valence-corrected chi connectivity index (χ3v) is 11.6. The summed E-state index contributed by atoms with van der Waals surface area (Å²) < 4.78 is 47.6. The summed E-state index contributed by atoms with van der Waals surface area (Å²) in [5, 5.41) is 4.85. The molecule has 0 saturated heterocycles. The summed E-state index contributed by atoms with van der Waals surface area (Å²) >= 11 is 3.56. The third kappa shape index (κ3) is 4.92. The molecule has 4 heteroatoms. The molecule has 0 aliphatic carbocycles. The minimum Gasteiger partial charge on any atom is -0.228 e. The van der Waals surface area contributed by atoms with Crippen LogP contribution in [0.2, 0.25) is 0 Å². The lowest BCUT2D eigenvalue weighted by Crippen LogP contribution is -1.96. The van der Waals surface area contributed by atoms with Gasteiger partial charge in [-0.3, -0.25) is 0 Å². The van der Waals surface area contributed by atoms with Gasteiger partial charge in [-0.15, -0.1) is 22.7 Å². The van der Waals surface area contributed by atoms with Crippen LogP contribution in [-0.2, 0) is 0 Å². The van der Waals surface area contributed by atoms with E-state index in [4.69, 9.17) is 16.8 Å². The van der Waals surface area contributed by atoms with Crippen molar-refractivity contribution in [3.8, 4) is 56.2 Å². The molecule has 0 radical (unpaired) electrons. The molecule has 0 saturated carbocycles. The highest BCUT2D eigenvalue weighted by Crippen LogP contribution is 2.45. The minimum atomic E-state index is -0.445. The largest absolute Gasteiger partial charge is 0.228 e. The third-order valence-electron chi connectivity index (χ3n) is 9.17. The molecule has 0 N–H and O–H groups in total. The SMILES string of the molecule is [2H]c1c([2H])c([2H])c(-c2cc(-c3cc(-c4cccc5c4sc4ccccc45)cc(-c4cccc5c4sc4ccccc45)c3)nc(-c3ccccc3)n2)c([2H])c1[2H]. The quantitative estimate of drug-likeness (QED) is 0.181. The molecule has 7 aromatic carbocycles. The number of benzene rings is 7. The van der Waals surface area contributed by atoms with E-state index >= 15 is 0 Å². The molecule has 0 aliphatic rings. The standard InChI is InChI=1S/C46H28N2S2/c1-3-13-29(14-4-1)40-28-41(48-46(47-40)30-15-5-2-6-16-30)33-26-31(34-19-11-21-38-36-17-7-9-23-42(36)49-44(34)38)25-32(27-33)35-20-12-22-39-37-18-8-10-24-43(37)50-45(35)39/h1-28H/i1D,3D,4D,13D,14D. The number of hydrogen-bond acceptors (Lipinski definition) is 4. The molecule has 234 valence electrons. The number of fused-ring (bicyclic) bond motifs is 6. The van der Waals surface area contributed by atoms with Crippen molar-refractivity contribution in [2.75, 3.05) is 0 Å². The molecule has 3 heterocycles. The summed E-state index contributed by atoms with van der Waals surface area (Å²) in [5.41, 5.74) is 6.68. The Bertz CT molecular complexity index is 3010. The molecule has 0 bridgehead atoms. The van der Waals surface area contributed by atoms with E-state index in [2.05, 4.69) is 103 Å². The number of hydrogen-bond donors (Lipinski definition) is 0. The van der Waals surface area contributed by atoms with Crippen LogP contribution in [0, 0.1) is 0 Å². The first-order valence-electron chi connectivity index (χ1n) is 18.8. The maximum Gasteiger partial charge on any atom is 0.160 e. The number of nitrogens with zero attached hydrogens (tertiary/aromatic N) is 2. The van der Waals surface area contributed by atoms with E-state index in [0.717, 1.165) is 33.4 Å². The van der Waals surface area contributed by atoms with E-state index in [-0.39, 0.29) is 23.3 Å². The molecule has 50 heavy (non-hydrogen) atoms. The molecule has 0 fully saturated rings. The lowest BCUT2D eigenvalue weighted by molar-refractivity contribution is 1.18. The molecule has 0 amide bonds. The highest BCUT2D eigenvalue weighted by Gasteiger charge is 2.17. The Morgan fingerprint density at radius 2 is 0.900 bits per heavy atom. The summed E-state index contributed by atoms with van der Waals surface area (Å²) in [6.07, 6.45) is 0. The van der Waals surface area contributed by atoms with E-state index in [1.54, 1.807) is 28.7 Å².